The molecule has 1 fully saturated rings. The molecule has 4 nitrogen and oxygen atoms in total. The van der Waals surface area contributed by atoms with Crippen LogP contribution >= 0.6 is 11.6 Å². The fourth-order valence-corrected chi connectivity index (χ4v) is 2.10. The summed E-state index contributed by atoms with van der Waals surface area (Å²) in [4.78, 5) is 23.2. The second-order valence-corrected chi connectivity index (χ2v) is 5.44. The standard InChI is InChI=1S/C14H16ClFN2O2/c1-8-6-10(8)14(20)17-5-4-13(19)18-9-2-3-12(16)11(15)7-9/h2-3,7-8,10H,4-6H2,1H3,(H,17,20)(H,18,19)/t8-,10-/m1/s1. The predicted molar refractivity (Wildman–Crippen MR) is 74.9 cm³/mol. The molecule has 0 heterocycles. The maximum absolute atomic E-state index is 12.9. The van der Waals surface area contributed by atoms with Crippen LogP contribution < -0.4 is 10.6 Å². The number of hydrogen-bond acceptors (Lipinski definition) is 2. The van der Waals surface area contributed by atoms with E-state index in [1.54, 1.807) is 0 Å². The van der Waals surface area contributed by atoms with Gasteiger partial charge >= 0.3 is 0 Å². The number of hydrogen-bond donors (Lipinski definition) is 2. The van der Waals surface area contributed by atoms with Crippen molar-refractivity contribution in [2.24, 2.45) is 11.8 Å². The Labute approximate surface area is 121 Å². The average molecular weight is 299 g/mol. The van der Waals surface area contributed by atoms with Gasteiger partial charge in [0.25, 0.3) is 0 Å². The van der Waals surface area contributed by atoms with E-state index in [0.29, 0.717) is 18.2 Å². The quantitative estimate of drug-likeness (QED) is 0.878. The van der Waals surface area contributed by atoms with Gasteiger partial charge in [0.05, 0.1) is 5.02 Å². The molecule has 1 aliphatic carbocycles. The molecular formula is C14H16ClFN2O2. The molecule has 2 amide bonds. The number of anilines is 1. The Morgan fingerprint density at radius 2 is 2.15 bits per heavy atom. The lowest BCUT2D eigenvalue weighted by Crippen LogP contribution is -2.29. The molecule has 2 atom stereocenters. The van der Waals surface area contributed by atoms with Gasteiger partial charge in [0, 0.05) is 24.6 Å². The molecule has 0 unspecified atom stereocenters. The summed E-state index contributed by atoms with van der Waals surface area (Å²) >= 11 is 5.62. The Kier molecular flexibility index (Phi) is 4.60. The van der Waals surface area contributed by atoms with E-state index in [9.17, 15) is 14.0 Å². The van der Waals surface area contributed by atoms with E-state index in [-0.39, 0.29) is 29.2 Å². The van der Waals surface area contributed by atoms with E-state index >= 15 is 0 Å². The van der Waals surface area contributed by atoms with E-state index < -0.39 is 5.82 Å². The van der Waals surface area contributed by atoms with Crippen LogP contribution in [0, 0.1) is 17.7 Å². The van der Waals surface area contributed by atoms with Crippen LogP contribution in [0.15, 0.2) is 18.2 Å². The Hall–Kier alpha value is -1.62. The summed E-state index contributed by atoms with van der Waals surface area (Å²) in [5.74, 6) is -0.221. The first-order chi connectivity index (χ1) is 9.47. The van der Waals surface area contributed by atoms with Gasteiger partial charge in [-0.1, -0.05) is 18.5 Å². The van der Waals surface area contributed by atoms with E-state index in [1.807, 2.05) is 6.92 Å². The van der Waals surface area contributed by atoms with Gasteiger partial charge in [-0.3, -0.25) is 9.59 Å². The molecule has 108 valence electrons. The minimum atomic E-state index is -0.532. The molecule has 2 rings (SSSR count). The molecule has 1 aromatic carbocycles. The highest BCUT2D eigenvalue weighted by Gasteiger charge is 2.38. The van der Waals surface area contributed by atoms with Gasteiger partial charge in [-0.05, 0) is 30.5 Å². The summed E-state index contributed by atoms with van der Waals surface area (Å²) in [6, 6.07) is 3.97. The Morgan fingerprint density at radius 1 is 1.45 bits per heavy atom. The molecule has 0 aromatic heterocycles. The zero-order valence-electron chi connectivity index (χ0n) is 11.1. The predicted octanol–water partition coefficient (Wildman–Crippen LogP) is 2.58. The molecular weight excluding hydrogens is 283 g/mol. The van der Waals surface area contributed by atoms with E-state index in [2.05, 4.69) is 10.6 Å². The lowest BCUT2D eigenvalue weighted by atomic mass is 10.3. The molecule has 0 saturated heterocycles. The number of carbonyl (C=O) groups excluding carboxylic acids is 2. The maximum atomic E-state index is 12.9. The maximum Gasteiger partial charge on any atom is 0.226 e. The van der Waals surface area contributed by atoms with Crippen molar-refractivity contribution in [2.75, 3.05) is 11.9 Å². The molecule has 0 spiro atoms. The zero-order valence-corrected chi connectivity index (χ0v) is 11.8. The van der Waals surface area contributed by atoms with Gasteiger partial charge < -0.3 is 10.6 Å². The first kappa shape index (κ1) is 14.8. The van der Waals surface area contributed by atoms with Crippen LogP contribution in [0.1, 0.15) is 19.8 Å². The van der Waals surface area contributed by atoms with Crippen LogP contribution in [0.2, 0.25) is 5.02 Å². The second-order valence-electron chi connectivity index (χ2n) is 5.04. The Morgan fingerprint density at radius 3 is 2.75 bits per heavy atom. The molecule has 0 aliphatic heterocycles. The number of rotatable bonds is 5. The third-order valence-corrected chi connectivity index (χ3v) is 3.59. The highest BCUT2D eigenvalue weighted by Crippen LogP contribution is 2.37. The van der Waals surface area contributed by atoms with Crippen molar-refractivity contribution in [3.63, 3.8) is 0 Å². The molecule has 20 heavy (non-hydrogen) atoms. The van der Waals surface area contributed by atoms with Gasteiger partial charge in [0.2, 0.25) is 11.8 Å². The Bertz CT molecular complexity index is 536. The van der Waals surface area contributed by atoms with Crippen LogP contribution in [0.5, 0.6) is 0 Å². The first-order valence-electron chi connectivity index (χ1n) is 6.50. The molecule has 1 aliphatic rings. The summed E-state index contributed by atoms with van der Waals surface area (Å²) < 4.78 is 12.9. The lowest BCUT2D eigenvalue weighted by molar-refractivity contribution is -0.122. The van der Waals surface area contributed by atoms with Crippen LogP contribution in [0.4, 0.5) is 10.1 Å². The smallest absolute Gasteiger partial charge is 0.226 e. The number of amides is 2. The van der Waals surface area contributed by atoms with Gasteiger partial charge in [-0.15, -0.1) is 0 Å². The average Bonchev–Trinajstić information content (AvgIpc) is 3.11. The summed E-state index contributed by atoms with van der Waals surface area (Å²) in [6.07, 6.45) is 1.09. The normalized spacial score (nSPS) is 20.4. The third kappa shape index (κ3) is 3.93. The van der Waals surface area contributed by atoms with Gasteiger partial charge in [-0.2, -0.15) is 0 Å². The van der Waals surface area contributed by atoms with Crippen molar-refractivity contribution in [3.8, 4) is 0 Å². The van der Waals surface area contributed by atoms with E-state index in [0.717, 1.165) is 6.42 Å². The van der Waals surface area contributed by atoms with Gasteiger partial charge in [0.15, 0.2) is 0 Å². The largest absolute Gasteiger partial charge is 0.355 e. The highest BCUT2D eigenvalue weighted by atomic mass is 35.5. The van der Waals surface area contributed by atoms with Crippen molar-refractivity contribution in [2.45, 2.75) is 19.8 Å². The minimum absolute atomic E-state index is 0.00938. The fourth-order valence-electron chi connectivity index (χ4n) is 1.92. The van der Waals surface area contributed by atoms with Crippen LogP contribution in [-0.4, -0.2) is 18.4 Å². The summed E-state index contributed by atoms with van der Waals surface area (Å²) in [7, 11) is 0. The van der Waals surface area contributed by atoms with Crippen molar-refractivity contribution < 1.29 is 14.0 Å². The van der Waals surface area contributed by atoms with Crippen molar-refractivity contribution in [3.05, 3.63) is 29.0 Å². The van der Waals surface area contributed by atoms with Crippen LogP contribution in [0.25, 0.3) is 0 Å². The van der Waals surface area contributed by atoms with Crippen LogP contribution in [0.3, 0.4) is 0 Å². The molecule has 1 aromatic rings. The SMILES string of the molecule is C[C@@H]1C[C@H]1C(=O)NCCC(=O)Nc1ccc(F)c(Cl)c1. The minimum Gasteiger partial charge on any atom is -0.355 e. The molecule has 0 radical (unpaired) electrons. The summed E-state index contributed by atoms with van der Waals surface area (Å²) in [5, 5.41) is 5.28. The van der Waals surface area contributed by atoms with Crippen molar-refractivity contribution in [1.29, 1.82) is 0 Å². The number of benzene rings is 1. The Balaban J connectivity index is 1.72. The zero-order chi connectivity index (χ0) is 14.7. The second kappa shape index (κ2) is 6.22. The van der Waals surface area contributed by atoms with Crippen LogP contribution in [-0.2, 0) is 9.59 Å². The van der Waals surface area contributed by atoms with Crippen molar-refractivity contribution >= 4 is 29.1 Å². The number of nitrogens with one attached hydrogen (secondary N) is 2. The first-order valence-corrected chi connectivity index (χ1v) is 6.88. The molecule has 2 N–H and O–H groups in total. The highest BCUT2D eigenvalue weighted by molar-refractivity contribution is 6.31. The number of carbonyl (C=O) groups is 2. The molecule has 1 saturated carbocycles. The van der Waals surface area contributed by atoms with E-state index in [1.165, 1.54) is 18.2 Å². The fraction of sp³-hybridized carbons (Fsp3) is 0.429. The topological polar surface area (TPSA) is 58.2 Å². The number of halogens is 2. The van der Waals surface area contributed by atoms with Crippen molar-refractivity contribution in [1.82, 2.24) is 5.32 Å². The lowest BCUT2D eigenvalue weighted by Gasteiger charge is -2.07. The summed E-state index contributed by atoms with van der Waals surface area (Å²) in [5.41, 5.74) is 0.434. The molecule has 0 bridgehead atoms. The summed E-state index contributed by atoms with van der Waals surface area (Å²) in [6.45, 7) is 2.32. The van der Waals surface area contributed by atoms with Gasteiger partial charge in [0.1, 0.15) is 5.82 Å². The monoisotopic (exact) mass is 298 g/mol. The van der Waals surface area contributed by atoms with E-state index in [4.69, 9.17) is 11.6 Å². The third-order valence-electron chi connectivity index (χ3n) is 3.30. The molecule has 6 heteroatoms. The van der Waals surface area contributed by atoms with Gasteiger partial charge in [-0.25, -0.2) is 4.39 Å².